The molecule has 0 N–H and O–H groups in total. The summed E-state index contributed by atoms with van der Waals surface area (Å²) in [5, 5.41) is 18.3. The van der Waals surface area contributed by atoms with E-state index in [1.54, 1.807) is 43.0 Å². The molecule has 0 atom stereocenters. The van der Waals surface area contributed by atoms with E-state index in [0.29, 0.717) is 86.7 Å². The van der Waals surface area contributed by atoms with Crippen LogP contribution in [-0.2, 0) is 116 Å². The molecule has 113 heavy (non-hydrogen) atoms. The van der Waals surface area contributed by atoms with Gasteiger partial charge in [0.2, 0.25) is 23.5 Å². The van der Waals surface area contributed by atoms with Crippen LogP contribution in [0.2, 0.25) is 0 Å². The Morgan fingerprint density at radius 2 is 0.699 bits per heavy atom. The van der Waals surface area contributed by atoms with Gasteiger partial charge in [0.15, 0.2) is 0 Å². The molecule has 0 bridgehead atoms. The first-order valence-electron chi connectivity index (χ1n) is 32.9. The number of hydrogen-bond donors (Lipinski definition) is 0. The maximum atomic E-state index is 5.84. The van der Waals surface area contributed by atoms with Gasteiger partial charge in [0.25, 0.3) is 0 Å². The van der Waals surface area contributed by atoms with Crippen molar-refractivity contribution in [2.24, 2.45) is 0 Å². The van der Waals surface area contributed by atoms with Crippen LogP contribution in [0.25, 0.3) is 32.5 Å². The van der Waals surface area contributed by atoms with Gasteiger partial charge in [0.05, 0.1) is 0 Å². The van der Waals surface area contributed by atoms with E-state index < -0.39 is 0 Å². The van der Waals surface area contributed by atoms with Crippen LogP contribution in [-0.4, -0.2) is 66.4 Å². The van der Waals surface area contributed by atoms with E-state index >= 15 is 0 Å². The normalized spacial score (nSPS) is 9.70. The molecule has 0 unspecified atom stereocenters. The summed E-state index contributed by atoms with van der Waals surface area (Å²) in [7, 11) is 0. The Morgan fingerprint density at radius 1 is 0.327 bits per heavy atom. The molecule has 0 spiro atoms. The summed E-state index contributed by atoms with van der Waals surface area (Å²) >= 11 is 0. The molecule has 0 aliphatic heterocycles. The molecule has 0 fully saturated rings. The molecule has 5 aromatic carbocycles. The Morgan fingerprint density at radius 3 is 1.13 bits per heavy atom. The molecular weight excluding hydrogens is 2110 g/mol. The smallest absolute Gasteiger partial charge is 0.656 e. The number of para-hydroxylation sites is 4. The van der Waals surface area contributed by atoms with Crippen molar-refractivity contribution in [2.45, 2.75) is 64.7 Å². The van der Waals surface area contributed by atoms with Gasteiger partial charge in [0.1, 0.15) is 5.82 Å². The largest absolute Gasteiger partial charge is 4.00 e. The van der Waals surface area contributed by atoms with E-state index in [1.807, 2.05) is 248 Å². The maximum Gasteiger partial charge on any atom is 4.00 e. The minimum Gasteiger partial charge on any atom is -0.656 e. The van der Waals surface area contributed by atoms with Gasteiger partial charge in [-0.2, -0.15) is 64.6 Å². The molecule has 8 heterocycles. The summed E-state index contributed by atoms with van der Waals surface area (Å²) in [6, 6.07) is 99.0. The Labute approximate surface area is 728 Å². The second-order valence-corrected chi connectivity index (χ2v) is 23.8. The first-order chi connectivity index (χ1) is 49.6. The van der Waals surface area contributed by atoms with Gasteiger partial charge < -0.3 is 110 Å². The number of nitrogens with zero attached hydrogens (tertiary/aromatic N) is 13. The van der Waals surface area contributed by atoms with E-state index in [0.717, 1.165) is 56.9 Å². The molecule has 0 aliphatic carbocycles. The number of hydrogen-bond acceptors (Lipinski definition) is 13. The van der Waals surface area contributed by atoms with Crippen molar-refractivity contribution in [3.05, 3.63) is 437 Å². The van der Waals surface area contributed by atoms with Crippen molar-refractivity contribution >= 4 is 11.5 Å². The van der Waals surface area contributed by atoms with Crippen molar-refractivity contribution in [1.29, 1.82) is 0 Å². The Kier molecular flexibility index (Phi) is 56.7. The van der Waals surface area contributed by atoms with Crippen molar-refractivity contribution in [1.82, 2.24) is 39.9 Å². The second kappa shape index (κ2) is 59.4. The van der Waals surface area contributed by atoms with Gasteiger partial charge >= 0.3 is 79.2 Å². The third-order valence-corrected chi connectivity index (χ3v) is 14.8. The van der Waals surface area contributed by atoms with Crippen molar-refractivity contribution in [3.8, 4) is 52.0 Å². The average molecular weight is 2210 g/mol. The molecule has 590 valence electrons. The topological polar surface area (TPSA) is 200 Å². The van der Waals surface area contributed by atoms with Crippen molar-refractivity contribution < 1.29 is 98.1 Å². The van der Waals surface area contributed by atoms with E-state index in [1.165, 1.54) is 0 Å². The zero-order valence-corrected chi connectivity index (χ0v) is 76.5. The number of benzene rings is 5. The predicted octanol–water partition coefficient (Wildman–Crippen LogP) is 23.0. The molecule has 17 nitrogen and oxygen atoms in total. The van der Waals surface area contributed by atoms with Crippen molar-refractivity contribution in [2.75, 3.05) is 31.4 Å². The third kappa shape index (κ3) is 37.9. The van der Waals surface area contributed by atoms with Gasteiger partial charge in [-0.3, -0.25) is 19.9 Å². The van der Waals surface area contributed by atoms with E-state index in [9.17, 15) is 0 Å². The molecule has 0 amide bonds. The van der Waals surface area contributed by atoms with Gasteiger partial charge in [0, 0.05) is 113 Å². The molecule has 13 rings (SSSR count). The SMILES string of the molecule is CC(C)(C[N-]Cc1ccccn1)c1cccc(-c2[c-]cccc2)n1.CC(C)(C[N-]Cc1ccccn1)c1cccc(Oc2[c-]cccc2)n1.[CH3-].[CH3-].[CH3-].[CH3-].[CH3-].[CH3-].[CH3-].[CH3-].[Os+4].[Os+4].[Os+4].[Os+4].[c-]1ccccc1Oc1cccc(N(C[N-]Cc2ccccn2)c2ccccc2)n1.[c-]1ccccc1Oc1cccc(OC[N-]Cc2ccccn2)n1. The monoisotopic (exact) mass is 2220 g/mol. The number of ether oxygens (including phenoxy) is 4. The summed E-state index contributed by atoms with van der Waals surface area (Å²) in [4.78, 5) is 37.6. The summed E-state index contributed by atoms with van der Waals surface area (Å²) < 4.78 is 22.7. The maximum absolute atomic E-state index is 5.84. The molecule has 0 radical (unpaired) electrons. The van der Waals surface area contributed by atoms with Crippen LogP contribution in [0, 0.1) is 83.7 Å². The molecule has 0 saturated heterocycles. The molecule has 13 aromatic rings. The predicted molar refractivity (Wildman–Crippen MR) is 449 cm³/mol. The van der Waals surface area contributed by atoms with Crippen LogP contribution in [0.15, 0.2) is 298 Å². The minimum atomic E-state index is -0.186. The number of rotatable bonds is 28. The zero-order valence-electron chi connectivity index (χ0n) is 66.3. The van der Waals surface area contributed by atoms with E-state index in [2.05, 4.69) is 120 Å². The molecular formula is C92H101N13O4Os4. The summed E-state index contributed by atoms with van der Waals surface area (Å²) in [6.45, 7) is 13.0. The summed E-state index contributed by atoms with van der Waals surface area (Å²) in [5.41, 5.74) is 8.46. The first-order valence-corrected chi connectivity index (χ1v) is 32.9. The van der Waals surface area contributed by atoms with E-state index in [4.69, 9.17) is 23.9 Å². The van der Waals surface area contributed by atoms with Crippen LogP contribution < -0.4 is 23.8 Å². The fourth-order valence-corrected chi connectivity index (χ4v) is 9.63. The molecule has 21 heteroatoms. The van der Waals surface area contributed by atoms with Crippen LogP contribution >= 0.6 is 0 Å². The van der Waals surface area contributed by atoms with Gasteiger partial charge in [-0.15, -0.1) is 112 Å². The van der Waals surface area contributed by atoms with Gasteiger partial charge in [-0.05, 0) is 95.4 Å². The Hall–Kier alpha value is -9.31. The quantitative estimate of drug-likeness (QED) is 0.0332. The van der Waals surface area contributed by atoms with Crippen LogP contribution in [0.5, 0.6) is 40.8 Å². The standard InChI is InChI=1S/C24H20N4O.C21H21N3O.C21H21N3.C18H15N3O2.8CH3.4Os/c1-3-11-21(12-4-1)28(19-25-18-20-10-7-8-17-26-20)23-15-9-16-24(27-23)29-22-13-5-2-6-14-22;1-21(2,16-22-15-17-9-6-7-14-23-17)19-12-8-13-20(24-19)25-18-10-4-3-5-11-18;1-21(2,16-22-15-18-11-6-7-14-23-18)20-13-8-12-19(24-20)17-9-4-3-5-10-17;1-2-8-16(9-3-1)23-18-11-6-10-17(21-18)22-14-19-13-15-7-4-5-12-20-15;;;;;;;;;;;;/h1-13,15-17H,18-19H2;3-10,12-14H,15-16H2,1-2H3;3-9,11-14H,15-16H2,1-2H3;1-8,10-12H,13-14H2;8*1H3;;;;/q4*-2;8*-1;4*+4. The van der Waals surface area contributed by atoms with Crippen molar-refractivity contribution in [3.63, 3.8) is 0 Å². The van der Waals surface area contributed by atoms with Crippen LogP contribution in [0.4, 0.5) is 11.5 Å². The van der Waals surface area contributed by atoms with Gasteiger partial charge in [-0.1, -0.05) is 107 Å². The second-order valence-electron chi connectivity index (χ2n) is 23.8. The molecule has 0 aliphatic rings. The summed E-state index contributed by atoms with van der Waals surface area (Å²) in [6.07, 6.45) is 7.12. The van der Waals surface area contributed by atoms with E-state index in [-0.39, 0.29) is 156 Å². The zero-order chi connectivity index (χ0) is 69.8. The fourth-order valence-electron chi connectivity index (χ4n) is 9.63. The Balaban J connectivity index is -0.00000138. The minimum absolute atomic E-state index is 0. The average Bonchev–Trinajstić information content (AvgIpc) is 0.847. The molecule has 8 aromatic heterocycles. The first kappa shape index (κ1) is 108. The molecule has 0 saturated carbocycles. The fraction of sp³-hybridized carbons (Fsp3) is 0.152. The van der Waals surface area contributed by atoms with Crippen LogP contribution in [0.1, 0.15) is 61.9 Å². The number of aromatic nitrogens is 8. The van der Waals surface area contributed by atoms with Crippen LogP contribution in [0.3, 0.4) is 0 Å². The Bertz CT molecular complexity index is 4460. The summed E-state index contributed by atoms with van der Waals surface area (Å²) in [5.74, 6) is 4.64. The number of anilines is 2. The van der Waals surface area contributed by atoms with Gasteiger partial charge in [-0.25, -0.2) is 4.98 Å². The number of pyridine rings is 8. The third-order valence-electron chi connectivity index (χ3n) is 14.8.